The predicted molar refractivity (Wildman–Crippen MR) is 102 cm³/mol. The molecule has 1 unspecified atom stereocenters. The Balaban J connectivity index is 1.82. The summed E-state index contributed by atoms with van der Waals surface area (Å²) in [7, 11) is 0. The zero-order valence-electron chi connectivity index (χ0n) is 14.6. The monoisotopic (exact) mass is 344 g/mol. The fourth-order valence-electron chi connectivity index (χ4n) is 3.86. The van der Waals surface area contributed by atoms with E-state index >= 15 is 0 Å². The summed E-state index contributed by atoms with van der Waals surface area (Å²) in [6.07, 6.45) is 1.38. The molecule has 2 aromatic carbocycles. The second kappa shape index (κ2) is 6.59. The number of nitrogen functional groups attached to an aromatic ring is 1. The Bertz CT molecular complexity index is 983. The third kappa shape index (κ3) is 2.81. The lowest BCUT2D eigenvalue weighted by atomic mass is 9.78. The highest BCUT2D eigenvalue weighted by molar-refractivity contribution is 6.03. The SMILES string of the molecule is Cc1nc(N)nc2c1/C(=N\O)CC(c1ccccc1-c1ccccc1)C2. The summed E-state index contributed by atoms with van der Waals surface area (Å²) in [5.41, 5.74) is 12.5. The van der Waals surface area contributed by atoms with Gasteiger partial charge in [0.1, 0.15) is 0 Å². The van der Waals surface area contributed by atoms with Gasteiger partial charge < -0.3 is 10.9 Å². The van der Waals surface area contributed by atoms with Crippen molar-refractivity contribution in [1.82, 2.24) is 9.97 Å². The Labute approximate surface area is 152 Å². The summed E-state index contributed by atoms with van der Waals surface area (Å²) < 4.78 is 0. The first-order valence-electron chi connectivity index (χ1n) is 8.66. The van der Waals surface area contributed by atoms with Crippen LogP contribution in [0.25, 0.3) is 11.1 Å². The summed E-state index contributed by atoms with van der Waals surface area (Å²) >= 11 is 0. The van der Waals surface area contributed by atoms with Crippen LogP contribution in [0.4, 0.5) is 5.95 Å². The molecule has 4 rings (SSSR count). The normalized spacial score (nSPS) is 17.9. The number of nitrogens with two attached hydrogens (primary N) is 1. The average Bonchev–Trinajstić information content (AvgIpc) is 2.67. The van der Waals surface area contributed by atoms with Gasteiger partial charge in [0, 0.05) is 12.0 Å². The van der Waals surface area contributed by atoms with Crippen molar-refractivity contribution in [1.29, 1.82) is 0 Å². The second-order valence-corrected chi connectivity index (χ2v) is 6.59. The predicted octanol–water partition coefficient (Wildman–Crippen LogP) is 3.94. The van der Waals surface area contributed by atoms with Crippen LogP contribution >= 0.6 is 0 Å². The van der Waals surface area contributed by atoms with Crippen LogP contribution < -0.4 is 5.73 Å². The molecule has 0 saturated heterocycles. The van der Waals surface area contributed by atoms with Gasteiger partial charge in [-0.1, -0.05) is 59.8 Å². The standard InChI is InChI=1S/C21H20N4O/c1-13-20-18(24-21(22)23-13)11-15(12-19(20)25-26)17-10-6-5-9-16(17)14-7-3-2-4-8-14/h2-10,15,26H,11-12H2,1H3,(H2,22,23,24)/b25-19-. The van der Waals surface area contributed by atoms with Crippen LogP contribution in [0.5, 0.6) is 0 Å². The summed E-state index contributed by atoms with van der Waals surface area (Å²) in [5, 5.41) is 13.1. The molecule has 5 heteroatoms. The van der Waals surface area contributed by atoms with Crippen LogP contribution in [0, 0.1) is 6.92 Å². The highest BCUT2D eigenvalue weighted by atomic mass is 16.4. The maximum Gasteiger partial charge on any atom is 0.220 e. The quantitative estimate of drug-likeness (QED) is 0.545. The third-order valence-corrected chi connectivity index (χ3v) is 4.96. The summed E-state index contributed by atoms with van der Waals surface area (Å²) in [6, 6.07) is 18.7. The minimum atomic E-state index is 0.165. The number of rotatable bonds is 2. The van der Waals surface area contributed by atoms with E-state index < -0.39 is 0 Å². The van der Waals surface area contributed by atoms with E-state index in [1.54, 1.807) is 0 Å². The van der Waals surface area contributed by atoms with Crippen LogP contribution in [-0.2, 0) is 6.42 Å². The molecule has 0 aliphatic heterocycles. The van der Waals surface area contributed by atoms with Gasteiger partial charge in [0.25, 0.3) is 0 Å². The van der Waals surface area contributed by atoms with E-state index in [9.17, 15) is 5.21 Å². The summed E-state index contributed by atoms with van der Waals surface area (Å²) in [5.74, 6) is 0.425. The highest BCUT2D eigenvalue weighted by Gasteiger charge is 2.30. The number of anilines is 1. The number of aromatic nitrogens is 2. The molecular weight excluding hydrogens is 324 g/mol. The van der Waals surface area contributed by atoms with E-state index in [1.807, 2.05) is 37.3 Å². The lowest BCUT2D eigenvalue weighted by Gasteiger charge is -2.27. The molecule has 26 heavy (non-hydrogen) atoms. The fourth-order valence-corrected chi connectivity index (χ4v) is 3.86. The molecule has 3 N–H and O–H groups in total. The Morgan fingerprint density at radius 3 is 2.50 bits per heavy atom. The number of hydrogen-bond donors (Lipinski definition) is 2. The number of fused-ring (bicyclic) bond motifs is 1. The minimum absolute atomic E-state index is 0.165. The van der Waals surface area contributed by atoms with E-state index in [-0.39, 0.29) is 11.9 Å². The molecule has 1 aliphatic rings. The molecule has 0 radical (unpaired) electrons. The molecule has 3 aromatic rings. The van der Waals surface area contributed by atoms with E-state index in [2.05, 4.69) is 39.4 Å². The van der Waals surface area contributed by atoms with Gasteiger partial charge in [-0.25, -0.2) is 9.97 Å². The minimum Gasteiger partial charge on any atom is -0.411 e. The van der Waals surface area contributed by atoms with Crippen LogP contribution in [0.2, 0.25) is 0 Å². The molecule has 130 valence electrons. The van der Waals surface area contributed by atoms with Gasteiger partial charge in [-0.2, -0.15) is 0 Å². The molecule has 0 saturated carbocycles. The molecule has 0 fully saturated rings. The molecule has 1 heterocycles. The fraction of sp³-hybridized carbons (Fsp3) is 0.190. The number of oxime groups is 1. The van der Waals surface area contributed by atoms with Gasteiger partial charge in [0.05, 0.1) is 17.1 Å². The Morgan fingerprint density at radius 2 is 1.73 bits per heavy atom. The smallest absolute Gasteiger partial charge is 0.220 e. The van der Waals surface area contributed by atoms with E-state index in [0.717, 1.165) is 23.4 Å². The molecule has 1 atom stereocenters. The number of hydrogen-bond acceptors (Lipinski definition) is 5. The molecule has 1 aliphatic carbocycles. The van der Waals surface area contributed by atoms with Crippen molar-refractivity contribution in [2.75, 3.05) is 5.73 Å². The van der Waals surface area contributed by atoms with Gasteiger partial charge in [-0.15, -0.1) is 0 Å². The van der Waals surface area contributed by atoms with Crippen molar-refractivity contribution in [3.8, 4) is 11.1 Å². The van der Waals surface area contributed by atoms with Gasteiger partial charge >= 0.3 is 0 Å². The first kappa shape index (κ1) is 16.3. The van der Waals surface area contributed by atoms with Crippen molar-refractivity contribution < 1.29 is 5.21 Å². The topological polar surface area (TPSA) is 84.4 Å². The van der Waals surface area contributed by atoms with Gasteiger partial charge in [-0.05, 0) is 36.0 Å². The van der Waals surface area contributed by atoms with Crippen LogP contribution in [0.3, 0.4) is 0 Å². The number of nitrogens with zero attached hydrogens (tertiary/aromatic N) is 3. The van der Waals surface area contributed by atoms with Crippen LogP contribution in [0.1, 0.15) is 34.9 Å². The maximum absolute atomic E-state index is 9.58. The molecule has 0 bridgehead atoms. The lowest BCUT2D eigenvalue weighted by Crippen LogP contribution is -2.24. The number of benzene rings is 2. The van der Waals surface area contributed by atoms with E-state index in [0.29, 0.717) is 12.1 Å². The van der Waals surface area contributed by atoms with Crippen molar-refractivity contribution in [2.45, 2.75) is 25.7 Å². The largest absolute Gasteiger partial charge is 0.411 e. The Morgan fingerprint density at radius 1 is 1.00 bits per heavy atom. The van der Waals surface area contributed by atoms with E-state index in [1.165, 1.54) is 16.7 Å². The molecule has 1 aromatic heterocycles. The van der Waals surface area contributed by atoms with Crippen molar-refractivity contribution in [3.63, 3.8) is 0 Å². The summed E-state index contributed by atoms with van der Waals surface area (Å²) in [6.45, 7) is 1.88. The van der Waals surface area contributed by atoms with E-state index in [4.69, 9.17) is 5.73 Å². The lowest BCUT2D eigenvalue weighted by molar-refractivity contribution is 0.316. The van der Waals surface area contributed by atoms with Gasteiger partial charge in [-0.3, -0.25) is 0 Å². The Hall–Kier alpha value is -3.21. The second-order valence-electron chi connectivity index (χ2n) is 6.59. The molecule has 5 nitrogen and oxygen atoms in total. The highest BCUT2D eigenvalue weighted by Crippen LogP contribution is 2.38. The zero-order valence-corrected chi connectivity index (χ0v) is 14.6. The Kier molecular flexibility index (Phi) is 4.13. The van der Waals surface area contributed by atoms with Gasteiger partial charge in [0.2, 0.25) is 5.95 Å². The summed E-state index contributed by atoms with van der Waals surface area (Å²) in [4.78, 5) is 8.65. The number of aryl methyl sites for hydroxylation is 1. The molecule has 0 spiro atoms. The molecular formula is C21H20N4O. The maximum atomic E-state index is 9.58. The van der Waals surface area contributed by atoms with Gasteiger partial charge in [0.15, 0.2) is 0 Å². The first-order chi connectivity index (χ1) is 12.7. The zero-order chi connectivity index (χ0) is 18.1. The van der Waals surface area contributed by atoms with Crippen LogP contribution in [0.15, 0.2) is 59.8 Å². The van der Waals surface area contributed by atoms with Crippen molar-refractivity contribution in [2.24, 2.45) is 5.16 Å². The first-order valence-corrected chi connectivity index (χ1v) is 8.66. The molecule has 0 amide bonds. The average molecular weight is 344 g/mol. The van der Waals surface area contributed by atoms with Crippen molar-refractivity contribution >= 4 is 11.7 Å². The van der Waals surface area contributed by atoms with Crippen LogP contribution in [-0.4, -0.2) is 20.9 Å². The third-order valence-electron chi connectivity index (χ3n) is 4.96. The van der Waals surface area contributed by atoms with Crippen molar-refractivity contribution in [3.05, 3.63) is 77.1 Å².